The van der Waals surface area contributed by atoms with Crippen molar-refractivity contribution in [3.05, 3.63) is 12.4 Å². The molecular weight excluding hydrogens is 178 g/mol. The van der Waals surface area contributed by atoms with Crippen LogP contribution in [0.25, 0.3) is 0 Å². The van der Waals surface area contributed by atoms with Crippen LogP contribution >= 0.6 is 0 Å². The molecule has 0 aromatic carbocycles. The highest BCUT2D eigenvalue weighted by atomic mass is 16.5. The van der Waals surface area contributed by atoms with Crippen molar-refractivity contribution >= 4 is 0 Å². The molecular formula is C10H19N3O. The summed E-state index contributed by atoms with van der Waals surface area (Å²) >= 11 is 0. The molecule has 1 rings (SSSR count). The first-order valence-corrected chi connectivity index (χ1v) is 5.02. The highest BCUT2D eigenvalue weighted by Gasteiger charge is 1.97. The third kappa shape index (κ3) is 3.79. The number of aryl methyl sites for hydroxylation is 1. The molecule has 0 aliphatic heterocycles. The molecule has 0 aliphatic carbocycles. The van der Waals surface area contributed by atoms with Gasteiger partial charge in [0.25, 0.3) is 0 Å². The molecule has 80 valence electrons. The Morgan fingerprint density at radius 1 is 1.50 bits per heavy atom. The van der Waals surface area contributed by atoms with Crippen LogP contribution in [0.5, 0.6) is 5.75 Å². The lowest BCUT2D eigenvalue weighted by atomic mass is 10.4. The van der Waals surface area contributed by atoms with Crippen LogP contribution in [0.15, 0.2) is 12.4 Å². The second kappa shape index (κ2) is 5.65. The molecule has 0 amide bonds. The first-order chi connectivity index (χ1) is 6.72. The zero-order chi connectivity index (χ0) is 10.4. The van der Waals surface area contributed by atoms with E-state index in [2.05, 4.69) is 31.0 Å². The van der Waals surface area contributed by atoms with E-state index in [1.165, 1.54) is 0 Å². The normalized spacial score (nSPS) is 10.9. The summed E-state index contributed by atoms with van der Waals surface area (Å²) < 4.78 is 7.39. The molecule has 4 heteroatoms. The number of hydrogen-bond donors (Lipinski definition) is 0. The smallest absolute Gasteiger partial charge is 0.157 e. The second-order valence-electron chi connectivity index (χ2n) is 3.54. The fraction of sp³-hybridized carbons (Fsp3) is 0.700. The lowest BCUT2D eigenvalue weighted by molar-refractivity contribution is 0.281. The van der Waals surface area contributed by atoms with E-state index in [1.807, 2.05) is 10.9 Å². The summed E-state index contributed by atoms with van der Waals surface area (Å²) in [6, 6.07) is 0. The predicted octanol–water partition coefficient (Wildman–Crippen LogP) is 1.23. The summed E-state index contributed by atoms with van der Waals surface area (Å²) in [6.07, 6.45) is 4.74. The van der Waals surface area contributed by atoms with Gasteiger partial charge < -0.3 is 9.64 Å². The van der Waals surface area contributed by atoms with Crippen molar-refractivity contribution in [1.29, 1.82) is 0 Å². The number of aromatic nitrogens is 2. The molecule has 0 bridgehead atoms. The van der Waals surface area contributed by atoms with Gasteiger partial charge in [-0.25, -0.2) is 0 Å². The minimum atomic E-state index is 0.758. The maximum Gasteiger partial charge on any atom is 0.157 e. The Bertz CT molecular complexity index is 258. The maximum absolute atomic E-state index is 5.53. The molecule has 1 aromatic heterocycles. The largest absolute Gasteiger partial charge is 0.490 e. The Hall–Kier alpha value is -1.03. The minimum absolute atomic E-state index is 0.758. The van der Waals surface area contributed by atoms with E-state index in [-0.39, 0.29) is 0 Å². The van der Waals surface area contributed by atoms with E-state index in [0.717, 1.165) is 31.9 Å². The van der Waals surface area contributed by atoms with Crippen LogP contribution in [-0.2, 0) is 6.54 Å². The zero-order valence-electron chi connectivity index (χ0n) is 9.23. The molecule has 14 heavy (non-hydrogen) atoms. The van der Waals surface area contributed by atoms with Crippen LogP contribution in [0.1, 0.15) is 13.3 Å². The fourth-order valence-electron chi connectivity index (χ4n) is 1.16. The van der Waals surface area contributed by atoms with Crippen molar-refractivity contribution in [2.24, 2.45) is 0 Å². The Labute approximate surface area is 85.5 Å². The summed E-state index contributed by atoms with van der Waals surface area (Å²) in [6.45, 7) is 4.76. The van der Waals surface area contributed by atoms with E-state index in [4.69, 9.17) is 4.74 Å². The van der Waals surface area contributed by atoms with Gasteiger partial charge in [0.15, 0.2) is 5.75 Å². The monoisotopic (exact) mass is 197 g/mol. The molecule has 0 aliphatic rings. The van der Waals surface area contributed by atoms with Crippen molar-refractivity contribution in [3.8, 4) is 5.75 Å². The molecule has 0 N–H and O–H groups in total. The first-order valence-electron chi connectivity index (χ1n) is 5.02. The molecule has 0 atom stereocenters. The molecule has 1 aromatic rings. The molecule has 0 radical (unpaired) electrons. The molecule has 0 saturated heterocycles. The Morgan fingerprint density at radius 2 is 2.29 bits per heavy atom. The van der Waals surface area contributed by atoms with Gasteiger partial charge in [-0.2, -0.15) is 5.10 Å². The van der Waals surface area contributed by atoms with E-state index < -0.39 is 0 Å². The predicted molar refractivity (Wildman–Crippen MR) is 56.6 cm³/mol. The van der Waals surface area contributed by atoms with Crippen molar-refractivity contribution < 1.29 is 4.74 Å². The van der Waals surface area contributed by atoms with Crippen LogP contribution in [0.4, 0.5) is 0 Å². The van der Waals surface area contributed by atoms with E-state index >= 15 is 0 Å². The fourth-order valence-corrected chi connectivity index (χ4v) is 1.16. The summed E-state index contributed by atoms with van der Waals surface area (Å²) in [7, 11) is 4.13. The lowest BCUT2D eigenvalue weighted by Gasteiger charge is -2.08. The van der Waals surface area contributed by atoms with Crippen molar-refractivity contribution in [2.75, 3.05) is 27.2 Å². The zero-order valence-corrected chi connectivity index (χ0v) is 9.23. The highest BCUT2D eigenvalue weighted by molar-refractivity contribution is 5.11. The molecule has 4 nitrogen and oxygen atoms in total. The SMILES string of the molecule is CCn1cc(OCCCN(C)C)cn1. The third-order valence-corrected chi connectivity index (χ3v) is 1.95. The van der Waals surface area contributed by atoms with Crippen molar-refractivity contribution in [3.63, 3.8) is 0 Å². The quantitative estimate of drug-likeness (QED) is 0.643. The maximum atomic E-state index is 5.53. The van der Waals surface area contributed by atoms with Crippen LogP contribution in [0, 0.1) is 0 Å². The molecule has 0 unspecified atom stereocenters. The standard InChI is InChI=1S/C10H19N3O/c1-4-13-9-10(8-11-13)14-7-5-6-12(2)3/h8-9H,4-7H2,1-3H3. The van der Waals surface area contributed by atoms with Gasteiger partial charge in [0.1, 0.15) is 0 Å². The Morgan fingerprint density at radius 3 is 2.86 bits per heavy atom. The third-order valence-electron chi connectivity index (χ3n) is 1.95. The van der Waals surface area contributed by atoms with Gasteiger partial charge in [0.05, 0.1) is 19.0 Å². The number of ether oxygens (including phenoxy) is 1. The van der Waals surface area contributed by atoms with Crippen LogP contribution in [-0.4, -0.2) is 41.9 Å². The number of nitrogens with zero attached hydrogens (tertiary/aromatic N) is 3. The average molecular weight is 197 g/mol. The molecule has 0 spiro atoms. The van der Waals surface area contributed by atoms with Gasteiger partial charge in [-0.15, -0.1) is 0 Å². The Kier molecular flexibility index (Phi) is 4.46. The minimum Gasteiger partial charge on any atom is -0.490 e. The average Bonchev–Trinajstić information content (AvgIpc) is 2.60. The van der Waals surface area contributed by atoms with Crippen molar-refractivity contribution in [2.45, 2.75) is 19.9 Å². The highest BCUT2D eigenvalue weighted by Crippen LogP contribution is 2.07. The lowest BCUT2D eigenvalue weighted by Crippen LogP contribution is -2.15. The topological polar surface area (TPSA) is 30.3 Å². The number of hydrogen-bond acceptors (Lipinski definition) is 3. The van der Waals surface area contributed by atoms with Gasteiger partial charge >= 0.3 is 0 Å². The summed E-state index contributed by atoms with van der Waals surface area (Å²) in [5.74, 6) is 0.866. The van der Waals surface area contributed by atoms with E-state index in [9.17, 15) is 0 Å². The van der Waals surface area contributed by atoms with Crippen LogP contribution in [0.3, 0.4) is 0 Å². The van der Waals surface area contributed by atoms with Gasteiger partial charge in [0, 0.05) is 13.1 Å². The van der Waals surface area contributed by atoms with Gasteiger partial charge in [-0.1, -0.05) is 0 Å². The number of rotatable bonds is 6. The first kappa shape index (κ1) is 11.0. The second-order valence-corrected chi connectivity index (χ2v) is 3.54. The summed E-state index contributed by atoms with van der Waals surface area (Å²) in [4.78, 5) is 2.15. The van der Waals surface area contributed by atoms with Crippen molar-refractivity contribution in [1.82, 2.24) is 14.7 Å². The Balaban J connectivity index is 2.18. The van der Waals surface area contributed by atoms with Gasteiger partial charge in [0.2, 0.25) is 0 Å². The molecule has 0 saturated carbocycles. The van der Waals surface area contributed by atoms with E-state index in [0.29, 0.717) is 0 Å². The van der Waals surface area contributed by atoms with Gasteiger partial charge in [-0.05, 0) is 27.4 Å². The van der Waals surface area contributed by atoms with Crippen LogP contribution < -0.4 is 4.74 Å². The summed E-state index contributed by atoms with van der Waals surface area (Å²) in [5, 5.41) is 4.13. The molecule has 0 fully saturated rings. The van der Waals surface area contributed by atoms with E-state index in [1.54, 1.807) is 6.20 Å². The van der Waals surface area contributed by atoms with Gasteiger partial charge in [-0.3, -0.25) is 4.68 Å². The van der Waals surface area contributed by atoms with Crippen LogP contribution in [0.2, 0.25) is 0 Å². The summed E-state index contributed by atoms with van der Waals surface area (Å²) in [5.41, 5.74) is 0. The molecule has 1 heterocycles.